The van der Waals surface area contributed by atoms with Crippen LogP contribution >= 0.6 is 0 Å². The van der Waals surface area contributed by atoms with Crippen LogP contribution in [-0.2, 0) is 0 Å². The van der Waals surface area contributed by atoms with Crippen molar-refractivity contribution in [2.24, 2.45) is 5.41 Å². The lowest BCUT2D eigenvalue weighted by Crippen LogP contribution is -2.58. The first-order valence-corrected chi connectivity index (χ1v) is 7.51. The van der Waals surface area contributed by atoms with E-state index < -0.39 is 0 Å². The predicted molar refractivity (Wildman–Crippen MR) is 74.3 cm³/mol. The van der Waals surface area contributed by atoms with Gasteiger partial charge in [-0.3, -0.25) is 4.90 Å². The zero-order chi connectivity index (χ0) is 12.5. The van der Waals surface area contributed by atoms with Crippen molar-refractivity contribution < 1.29 is 0 Å². The summed E-state index contributed by atoms with van der Waals surface area (Å²) in [6.07, 6.45) is 6.86. The lowest BCUT2D eigenvalue weighted by atomic mass is 9.91. The Balaban J connectivity index is 1.94. The van der Waals surface area contributed by atoms with Gasteiger partial charge in [0.15, 0.2) is 0 Å². The molecule has 2 heteroatoms. The summed E-state index contributed by atoms with van der Waals surface area (Å²) in [6, 6.07) is 2.31. The molecule has 2 fully saturated rings. The molecule has 3 unspecified atom stereocenters. The molecular formula is C15H30N2. The molecule has 1 saturated heterocycles. The minimum Gasteiger partial charge on any atom is -0.311 e. The van der Waals surface area contributed by atoms with Crippen LogP contribution in [-0.4, -0.2) is 36.1 Å². The number of hydrogen-bond acceptors (Lipinski definition) is 2. The summed E-state index contributed by atoms with van der Waals surface area (Å²) >= 11 is 0. The van der Waals surface area contributed by atoms with Gasteiger partial charge in [-0.25, -0.2) is 0 Å². The lowest BCUT2D eigenvalue weighted by Gasteiger charge is -2.42. The van der Waals surface area contributed by atoms with E-state index in [2.05, 4.69) is 37.9 Å². The molecule has 0 spiro atoms. The second-order valence-corrected chi connectivity index (χ2v) is 7.00. The van der Waals surface area contributed by atoms with Gasteiger partial charge in [0.1, 0.15) is 0 Å². The Kier molecular flexibility index (Phi) is 4.14. The monoisotopic (exact) mass is 238 g/mol. The van der Waals surface area contributed by atoms with Gasteiger partial charge in [-0.1, -0.05) is 27.2 Å². The fourth-order valence-electron chi connectivity index (χ4n) is 3.69. The minimum atomic E-state index is 0.579. The van der Waals surface area contributed by atoms with Crippen molar-refractivity contribution in [1.29, 1.82) is 0 Å². The molecule has 0 aromatic rings. The number of piperazine rings is 1. The quantitative estimate of drug-likeness (QED) is 0.813. The molecule has 1 saturated carbocycles. The van der Waals surface area contributed by atoms with Crippen LogP contribution in [0.3, 0.4) is 0 Å². The van der Waals surface area contributed by atoms with E-state index in [0.717, 1.165) is 18.1 Å². The fourth-order valence-corrected chi connectivity index (χ4v) is 3.69. The number of nitrogens with zero attached hydrogens (tertiary/aromatic N) is 1. The summed E-state index contributed by atoms with van der Waals surface area (Å²) in [5.74, 6) is 0. The zero-order valence-electron chi connectivity index (χ0n) is 12.1. The molecule has 0 bridgehead atoms. The summed E-state index contributed by atoms with van der Waals surface area (Å²) in [4.78, 5) is 2.80. The molecule has 1 heterocycles. The van der Waals surface area contributed by atoms with Crippen LogP contribution < -0.4 is 5.32 Å². The van der Waals surface area contributed by atoms with Crippen molar-refractivity contribution in [3.05, 3.63) is 0 Å². The largest absolute Gasteiger partial charge is 0.311 e. The first-order chi connectivity index (χ1) is 8.02. The molecule has 2 nitrogen and oxygen atoms in total. The Morgan fingerprint density at radius 1 is 1.35 bits per heavy atom. The van der Waals surface area contributed by atoms with Gasteiger partial charge in [-0.05, 0) is 38.0 Å². The number of nitrogens with one attached hydrogen (secondary N) is 1. The predicted octanol–water partition coefficient (Wildman–Crippen LogP) is 3.03. The molecule has 1 N–H and O–H groups in total. The maximum Gasteiger partial charge on any atom is 0.0196 e. The maximum absolute atomic E-state index is 3.70. The van der Waals surface area contributed by atoms with Crippen LogP contribution in [0.2, 0.25) is 0 Å². The minimum absolute atomic E-state index is 0.579. The van der Waals surface area contributed by atoms with Crippen molar-refractivity contribution in [3.63, 3.8) is 0 Å². The van der Waals surface area contributed by atoms with Crippen molar-refractivity contribution in [3.8, 4) is 0 Å². The summed E-state index contributed by atoms with van der Waals surface area (Å²) in [5, 5.41) is 3.70. The van der Waals surface area contributed by atoms with Gasteiger partial charge in [0.2, 0.25) is 0 Å². The number of rotatable bonds is 3. The highest BCUT2D eigenvalue weighted by Gasteiger charge is 2.37. The van der Waals surface area contributed by atoms with Gasteiger partial charge in [0.05, 0.1) is 0 Å². The molecule has 0 amide bonds. The average Bonchev–Trinajstić information content (AvgIpc) is 2.62. The second-order valence-electron chi connectivity index (χ2n) is 7.00. The fraction of sp³-hybridized carbons (Fsp3) is 1.00. The molecule has 17 heavy (non-hydrogen) atoms. The molecule has 0 aromatic heterocycles. The third kappa shape index (κ3) is 3.23. The Labute approximate surface area is 107 Å². The molecule has 1 aliphatic carbocycles. The Morgan fingerprint density at radius 2 is 2.12 bits per heavy atom. The molecule has 3 atom stereocenters. The smallest absolute Gasteiger partial charge is 0.0196 e. The van der Waals surface area contributed by atoms with E-state index in [0.29, 0.717) is 5.41 Å². The molecular weight excluding hydrogens is 208 g/mol. The van der Waals surface area contributed by atoms with Gasteiger partial charge < -0.3 is 5.32 Å². The molecule has 1 aliphatic heterocycles. The van der Waals surface area contributed by atoms with Gasteiger partial charge in [0.25, 0.3) is 0 Å². The van der Waals surface area contributed by atoms with E-state index in [1.165, 1.54) is 45.2 Å². The van der Waals surface area contributed by atoms with Gasteiger partial charge in [0, 0.05) is 31.2 Å². The van der Waals surface area contributed by atoms with E-state index in [-0.39, 0.29) is 0 Å². The summed E-state index contributed by atoms with van der Waals surface area (Å²) in [6.45, 7) is 12.0. The summed E-state index contributed by atoms with van der Waals surface area (Å²) in [5.41, 5.74) is 0.579. The van der Waals surface area contributed by atoms with E-state index in [1.807, 2.05) is 0 Å². The van der Waals surface area contributed by atoms with Crippen LogP contribution in [0.5, 0.6) is 0 Å². The zero-order valence-corrected chi connectivity index (χ0v) is 12.1. The molecule has 2 aliphatic rings. The van der Waals surface area contributed by atoms with E-state index >= 15 is 0 Å². The first kappa shape index (κ1) is 13.4. The average molecular weight is 238 g/mol. The number of hydrogen-bond donors (Lipinski definition) is 1. The second kappa shape index (κ2) is 5.27. The van der Waals surface area contributed by atoms with Gasteiger partial charge in [-0.15, -0.1) is 0 Å². The van der Waals surface area contributed by atoms with Crippen LogP contribution in [0.25, 0.3) is 0 Å². The van der Waals surface area contributed by atoms with Crippen molar-refractivity contribution in [2.45, 2.75) is 77.9 Å². The maximum atomic E-state index is 3.70. The van der Waals surface area contributed by atoms with Crippen molar-refractivity contribution in [1.82, 2.24) is 10.2 Å². The van der Waals surface area contributed by atoms with Crippen molar-refractivity contribution in [2.75, 3.05) is 13.1 Å². The van der Waals surface area contributed by atoms with Crippen LogP contribution in [0.15, 0.2) is 0 Å². The Bertz CT molecular complexity index is 249. The lowest BCUT2D eigenvalue weighted by molar-refractivity contribution is 0.0853. The SMILES string of the molecule is CCCC1CN(C2CCC(C)(C)C2)C(C)CN1. The highest BCUT2D eigenvalue weighted by Crippen LogP contribution is 2.40. The Morgan fingerprint density at radius 3 is 2.71 bits per heavy atom. The summed E-state index contributed by atoms with van der Waals surface area (Å²) < 4.78 is 0. The molecule has 0 aromatic carbocycles. The topological polar surface area (TPSA) is 15.3 Å². The first-order valence-electron chi connectivity index (χ1n) is 7.51. The molecule has 100 valence electrons. The van der Waals surface area contributed by atoms with E-state index in [9.17, 15) is 0 Å². The van der Waals surface area contributed by atoms with E-state index in [4.69, 9.17) is 0 Å². The third-order valence-electron chi connectivity index (χ3n) is 4.75. The van der Waals surface area contributed by atoms with Crippen LogP contribution in [0, 0.1) is 5.41 Å². The van der Waals surface area contributed by atoms with Crippen molar-refractivity contribution >= 4 is 0 Å². The summed E-state index contributed by atoms with van der Waals surface area (Å²) in [7, 11) is 0. The molecule has 2 rings (SSSR count). The normalized spacial score (nSPS) is 38.5. The van der Waals surface area contributed by atoms with Crippen LogP contribution in [0.4, 0.5) is 0 Å². The molecule has 0 radical (unpaired) electrons. The Hall–Kier alpha value is -0.0800. The standard InChI is InChI=1S/C15H30N2/c1-5-6-13-11-17(12(2)10-16-13)14-7-8-15(3,4)9-14/h12-14,16H,5-11H2,1-4H3. The highest BCUT2D eigenvalue weighted by atomic mass is 15.3. The third-order valence-corrected chi connectivity index (χ3v) is 4.75. The van der Waals surface area contributed by atoms with Gasteiger partial charge >= 0.3 is 0 Å². The highest BCUT2D eigenvalue weighted by molar-refractivity contribution is 4.94. The van der Waals surface area contributed by atoms with Gasteiger partial charge in [-0.2, -0.15) is 0 Å². The van der Waals surface area contributed by atoms with Crippen LogP contribution in [0.1, 0.15) is 59.8 Å². The van der Waals surface area contributed by atoms with E-state index in [1.54, 1.807) is 0 Å².